The Morgan fingerprint density at radius 1 is 1.30 bits per heavy atom. The fraction of sp³-hybridized carbons (Fsp3) is 0.333. The van der Waals surface area contributed by atoms with Crippen molar-refractivity contribution in [1.29, 1.82) is 0 Å². The summed E-state index contributed by atoms with van der Waals surface area (Å²) in [6.45, 7) is 0.530. The highest BCUT2D eigenvalue weighted by atomic mass is 19.1. The molecule has 5 heteroatoms. The van der Waals surface area contributed by atoms with Gasteiger partial charge in [0.15, 0.2) is 0 Å². The van der Waals surface area contributed by atoms with Gasteiger partial charge in [0.2, 0.25) is 0 Å². The van der Waals surface area contributed by atoms with Crippen LogP contribution in [-0.2, 0) is 13.5 Å². The number of pyridine rings is 1. The lowest BCUT2D eigenvalue weighted by Gasteiger charge is -2.22. The molecule has 0 aliphatic heterocycles. The molecule has 0 N–H and O–H groups in total. The molecule has 0 unspecified atom stereocenters. The van der Waals surface area contributed by atoms with Crippen LogP contribution >= 0.6 is 0 Å². The van der Waals surface area contributed by atoms with E-state index in [1.54, 1.807) is 30.3 Å². The minimum Gasteiger partial charge on any atom is -0.335 e. The average Bonchev–Trinajstić information content (AvgIpc) is 3.35. The van der Waals surface area contributed by atoms with Gasteiger partial charge in [0.25, 0.3) is 11.5 Å². The summed E-state index contributed by atoms with van der Waals surface area (Å²) < 4.78 is 14.7. The summed E-state index contributed by atoms with van der Waals surface area (Å²) in [5.41, 5.74) is 1.09. The Labute approximate surface area is 134 Å². The molecule has 4 nitrogen and oxygen atoms in total. The average molecular weight is 314 g/mol. The van der Waals surface area contributed by atoms with Gasteiger partial charge >= 0.3 is 0 Å². The molecule has 23 heavy (non-hydrogen) atoms. The van der Waals surface area contributed by atoms with Crippen molar-refractivity contribution in [3.63, 3.8) is 0 Å². The lowest BCUT2D eigenvalue weighted by Crippen LogP contribution is -2.35. The number of aryl methyl sites for hydroxylation is 1. The molecule has 2 aromatic rings. The zero-order chi connectivity index (χ0) is 16.4. The Hall–Kier alpha value is -2.43. The van der Waals surface area contributed by atoms with E-state index in [4.69, 9.17) is 0 Å². The fourth-order valence-corrected chi connectivity index (χ4v) is 2.63. The van der Waals surface area contributed by atoms with Gasteiger partial charge in [-0.05, 0) is 43.0 Å². The first-order chi connectivity index (χ1) is 11.0. The second-order valence-corrected chi connectivity index (χ2v) is 5.97. The molecular formula is C18H19FN2O2. The van der Waals surface area contributed by atoms with Crippen LogP contribution in [0.1, 0.15) is 28.8 Å². The number of aromatic nitrogens is 1. The summed E-state index contributed by atoms with van der Waals surface area (Å²) in [5, 5.41) is 0. The summed E-state index contributed by atoms with van der Waals surface area (Å²) in [6, 6.07) is 9.72. The molecule has 1 saturated carbocycles. The molecule has 0 bridgehead atoms. The second kappa shape index (κ2) is 6.36. The van der Waals surface area contributed by atoms with Crippen molar-refractivity contribution < 1.29 is 9.18 Å². The largest absolute Gasteiger partial charge is 0.335 e. The summed E-state index contributed by atoms with van der Waals surface area (Å²) in [6.07, 6.45) is 4.18. The maximum absolute atomic E-state index is 13.3. The highest BCUT2D eigenvalue weighted by molar-refractivity contribution is 5.94. The molecule has 1 heterocycles. The van der Waals surface area contributed by atoms with Crippen molar-refractivity contribution in [3.05, 3.63) is 69.9 Å². The number of carbonyl (C=O) groups excluding carboxylic acids is 1. The topological polar surface area (TPSA) is 42.3 Å². The van der Waals surface area contributed by atoms with Crippen molar-refractivity contribution in [2.75, 3.05) is 6.54 Å². The molecule has 0 saturated heterocycles. The van der Waals surface area contributed by atoms with Crippen LogP contribution in [-0.4, -0.2) is 28.0 Å². The lowest BCUT2D eigenvalue weighted by atomic mass is 10.1. The molecule has 1 aromatic heterocycles. The molecular weight excluding hydrogens is 295 g/mol. The SMILES string of the molecule is Cn1ccc(C(=O)N(CCc2cccc(F)c2)C2CC2)cc1=O. The van der Waals surface area contributed by atoms with Crippen LogP contribution in [0.2, 0.25) is 0 Å². The number of halogens is 1. The molecule has 1 aliphatic rings. The molecule has 1 amide bonds. The maximum atomic E-state index is 13.3. The van der Waals surface area contributed by atoms with E-state index in [1.165, 1.54) is 22.8 Å². The van der Waals surface area contributed by atoms with Crippen LogP contribution < -0.4 is 5.56 Å². The normalized spacial score (nSPS) is 13.8. The van der Waals surface area contributed by atoms with Crippen LogP contribution in [0.15, 0.2) is 47.4 Å². The molecule has 1 fully saturated rings. The number of benzene rings is 1. The predicted octanol–water partition coefficient (Wildman–Crippen LogP) is 2.37. The van der Waals surface area contributed by atoms with Crippen LogP contribution in [0.3, 0.4) is 0 Å². The summed E-state index contributed by atoms with van der Waals surface area (Å²) in [4.78, 5) is 26.2. The maximum Gasteiger partial charge on any atom is 0.254 e. The Morgan fingerprint density at radius 2 is 2.09 bits per heavy atom. The smallest absolute Gasteiger partial charge is 0.254 e. The zero-order valence-corrected chi connectivity index (χ0v) is 13.0. The Balaban J connectivity index is 1.74. The number of nitrogens with zero attached hydrogens (tertiary/aromatic N) is 2. The van der Waals surface area contributed by atoms with Gasteiger partial charge in [-0.1, -0.05) is 12.1 Å². The number of amides is 1. The first-order valence-electron chi connectivity index (χ1n) is 7.77. The van der Waals surface area contributed by atoms with Crippen molar-refractivity contribution in [2.45, 2.75) is 25.3 Å². The van der Waals surface area contributed by atoms with Gasteiger partial charge < -0.3 is 9.47 Å². The number of carbonyl (C=O) groups is 1. The second-order valence-electron chi connectivity index (χ2n) is 5.97. The minimum atomic E-state index is -0.265. The van der Waals surface area contributed by atoms with Gasteiger partial charge in [0, 0.05) is 37.5 Å². The van der Waals surface area contributed by atoms with Gasteiger partial charge in [0.05, 0.1) is 0 Å². The number of hydrogen-bond donors (Lipinski definition) is 0. The third-order valence-corrected chi connectivity index (χ3v) is 4.13. The van der Waals surface area contributed by atoms with Crippen molar-refractivity contribution in [3.8, 4) is 0 Å². The zero-order valence-electron chi connectivity index (χ0n) is 13.0. The van der Waals surface area contributed by atoms with Gasteiger partial charge in [-0.15, -0.1) is 0 Å². The predicted molar refractivity (Wildman–Crippen MR) is 85.8 cm³/mol. The first kappa shape index (κ1) is 15.5. The molecule has 3 rings (SSSR count). The molecule has 120 valence electrons. The molecule has 1 aliphatic carbocycles. The van der Waals surface area contributed by atoms with E-state index in [2.05, 4.69) is 0 Å². The van der Waals surface area contributed by atoms with E-state index < -0.39 is 0 Å². The minimum absolute atomic E-state index is 0.124. The Bertz CT molecular complexity index is 781. The highest BCUT2D eigenvalue weighted by Crippen LogP contribution is 2.28. The third-order valence-electron chi connectivity index (χ3n) is 4.13. The van der Waals surface area contributed by atoms with E-state index in [0.717, 1.165) is 18.4 Å². The lowest BCUT2D eigenvalue weighted by molar-refractivity contribution is 0.0744. The van der Waals surface area contributed by atoms with Crippen molar-refractivity contribution >= 4 is 5.91 Å². The van der Waals surface area contributed by atoms with E-state index >= 15 is 0 Å². The van der Waals surface area contributed by atoms with Gasteiger partial charge in [-0.3, -0.25) is 9.59 Å². The van der Waals surface area contributed by atoms with Crippen LogP contribution in [0.25, 0.3) is 0 Å². The monoisotopic (exact) mass is 314 g/mol. The molecule has 0 radical (unpaired) electrons. The molecule has 0 spiro atoms. The third kappa shape index (κ3) is 3.67. The van der Waals surface area contributed by atoms with Crippen LogP contribution in [0.5, 0.6) is 0 Å². The highest BCUT2D eigenvalue weighted by Gasteiger charge is 2.32. The molecule has 1 aromatic carbocycles. The van der Waals surface area contributed by atoms with E-state index in [-0.39, 0.29) is 23.3 Å². The van der Waals surface area contributed by atoms with Crippen molar-refractivity contribution in [2.24, 2.45) is 7.05 Å². The van der Waals surface area contributed by atoms with Crippen molar-refractivity contribution in [1.82, 2.24) is 9.47 Å². The first-order valence-corrected chi connectivity index (χ1v) is 7.77. The summed E-state index contributed by atoms with van der Waals surface area (Å²) >= 11 is 0. The van der Waals surface area contributed by atoms with E-state index in [0.29, 0.717) is 18.5 Å². The van der Waals surface area contributed by atoms with Crippen LogP contribution in [0, 0.1) is 5.82 Å². The summed E-state index contributed by atoms with van der Waals surface area (Å²) in [5.74, 6) is -0.389. The number of rotatable bonds is 5. The standard InChI is InChI=1S/C18H19FN2O2/c1-20-9-8-14(12-17(20)22)18(23)21(16-5-6-16)10-7-13-3-2-4-15(19)11-13/h2-4,8-9,11-12,16H,5-7,10H2,1H3. The van der Waals surface area contributed by atoms with Gasteiger partial charge in [0.1, 0.15) is 5.82 Å². The Morgan fingerprint density at radius 3 is 2.74 bits per heavy atom. The van der Waals surface area contributed by atoms with E-state index in [1.807, 2.05) is 6.07 Å². The molecule has 0 atom stereocenters. The fourth-order valence-electron chi connectivity index (χ4n) is 2.63. The van der Waals surface area contributed by atoms with Crippen LogP contribution in [0.4, 0.5) is 4.39 Å². The quantitative estimate of drug-likeness (QED) is 0.850. The van der Waals surface area contributed by atoms with Gasteiger partial charge in [-0.25, -0.2) is 4.39 Å². The van der Waals surface area contributed by atoms with E-state index in [9.17, 15) is 14.0 Å². The number of hydrogen-bond acceptors (Lipinski definition) is 2. The van der Waals surface area contributed by atoms with Gasteiger partial charge in [-0.2, -0.15) is 0 Å². The summed E-state index contributed by atoms with van der Waals surface area (Å²) in [7, 11) is 1.65. The Kier molecular flexibility index (Phi) is 4.28.